The highest BCUT2D eigenvalue weighted by Crippen LogP contribution is 2.02. The van der Waals surface area contributed by atoms with E-state index >= 15 is 0 Å². The van der Waals surface area contributed by atoms with E-state index in [0.29, 0.717) is 11.5 Å². The summed E-state index contributed by atoms with van der Waals surface area (Å²) in [5.41, 5.74) is 0.419. The Kier molecular flexibility index (Phi) is 4.67. The molecule has 0 unspecified atom stereocenters. The van der Waals surface area contributed by atoms with Crippen molar-refractivity contribution in [1.82, 2.24) is 20.2 Å². The van der Waals surface area contributed by atoms with Gasteiger partial charge in [0.05, 0.1) is 0 Å². The van der Waals surface area contributed by atoms with Crippen molar-refractivity contribution in [3.63, 3.8) is 0 Å². The Morgan fingerprint density at radius 2 is 2.29 bits per heavy atom. The number of rotatable bonds is 6. The Bertz CT molecular complexity index is 678. The molecule has 0 saturated heterocycles. The van der Waals surface area contributed by atoms with Crippen molar-refractivity contribution < 1.29 is 14.3 Å². The lowest BCUT2D eigenvalue weighted by atomic mass is 10.3. The summed E-state index contributed by atoms with van der Waals surface area (Å²) in [6, 6.07) is 1.39. The summed E-state index contributed by atoms with van der Waals surface area (Å²) in [4.78, 5) is 30.0. The van der Waals surface area contributed by atoms with Crippen molar-refractivity contribution in [3.8, 4) is 5.75 Å². The number of aromatic amines is 2. The van der Waals surface area contributed by atoms with Crippen LogP contribution in [0, 0.1) is 6.92 Å². The molecule has 2 heterocycles. The number of nitrogens with one attached hydrogen (secondary N) is 3. The van der Waals surface area contributed by atoms with E-state index in [9.17, 15) is 9.59 Å². The molecule has 0 bridgehead atoms. The van der Waals surface area contributed by atoms with Crippen molar-refractivity contribution in [3.05, 3.63) is 34.0 Å². The van der Waals surface area contributed by atoms with E-state index in [1.54, 1.807) is 6.92 Å². The minimum absolute atomic E-state index is 0.0748. The zero-order valence-electron chi connectivity index (χ0n) is 11.6. The zero-order chi connectivity index (χ0) is 15.2. The lowest BCUT2D eigenvalue weighted by Crippen LogP contribution is -2.22. The largest absolute Gasteiger partial charge is 0.478 e. The van der Waals surface area contributed by atoms with Gasteiger partial charge in [-0.15, -0.1) is 5.10 Å². The summed E-state index contributed by atoms with van der Waals surface area (Å²) < 4.78 is 10.00. The lowest BCUT2D eigenvalue weighted by Gasteiger charge is -2.04. The molecular formula is C12H15N5O4. The third-order valence-corrected chi connectivity index (χ3v) is 2.44. The van der Waals surface area contributed by atoms with Crippen LogP contribution in [0.15, 0.2) is 17.1 Å². The molecule has 9 heteroatoms. The predicted molar refractivity (Wildman–Crippen MR) is 73.0 cm³/mol. The van der Waals surface area contributed by atoms with Crippen molar-refractivity contribution in [2.75, 3.05) is 19.0 Å². The Morgan fingerprint density at radius 1 is 1.48 bits per heavy atom. The SMILES string of the molecule is COCc1nc(NC(=O)COc2c[nH]c(C)cc2=O)n[nH]1. The van der Waals surface area contributed by atoms with Gasteiger partial charge >= 0.3 is 0 Å². The van der Waals surface area contributed by atoms with Crippen LogP contribution in [0.25, 0.3) is 0 Å². The average Bonchev–Trinajstić information content (AvgIpc) is 2.85. The molecule has 0 aromatic carbocycles. The molecule has 0 fully saturated rings. The fourth-order valence-electron chi connectivity index (χ4n) is 1.53. The van der Waals surface area contributed by atoms with Crippen molar-refractivity contribution >= 4 is 11.9 Å². The highest BCUT2D eigenvalue weighted by Gasteiger charge is 2.09. The summed E-state index contributed by atoms with van der Waals surface area (Å²) in [6.45, 7) is 1.69. The molecule has 0 aliphatic rings. The predicted octanol–water partition coefficient (Wildman–Crippen LogP) is -0.0347. The Labute approximate surface area is 119 Å². The van der Waals surface area contributed by atoms with Gasteiger partial charge in [0.1, 0.15) is 6.61 Å². The smallest absolute Gasteiger partial charge is 0.264 e. The number of hydrogen-bond donors (Lipinski definition) is 3. The molecule has 0 aliphatic carbocycles. The fourth-order valence-corrected chi connectivity index (χ4v) is 1.53. The first-order chi connectivity index (χ1) is 10.1. The van der Waals surface area contributed by atoms with Crippen molar-refractivity contribution in [2.45, 2.75) is 13.5 Å². The van der Waals surface area contributed by atoms with Gasteiger partial charge in [-0.3, -0.25) is 20.0 Å². The van der Waals surface area contributed by atoms with Crippen LogP contribution in [0.1, 0.15) is 11.5 Å². The van der Waals surface area contributed by atoms with Crippen molar-refractivity contribution in [2.24, 2.45) is 0 Å². The van der Waals surface area contributed by atoms with Crippen molar-refractivity contribution in [1.29, 1.82) is 0 Å². The molecule has 2 aromatic heterocycles. The number of pyridine rings is 1. The monoisotopic (exact) mass is 293 g/mol. The number of aryl methyl sites for hydroxylation is 1. The van der Waals surface area contributed by atoms with E-state index < -0.39 is 5.91 Å². The third kappa shape index (κ3) is 4.14. The number of hydrogen-bond acceptors (Lipinski definition) is 6. The molecule has 0 radical (unpaired) electrons. The highest BCUT2D eigenvalue weighted by atomic mass is 16.5. The summed E-state index contributed by atoms with van der Waals surface area (Å²) in [5, 5.41) is 8.83. The molecule has 2 rings (SSSR count). The minimum Gasteiger partial charge on any atom is -0.478 e. The normalized spacial score (nSPS) is 10.4. The molecule has 9 nitrogen and oxygen atoms in total. The first-order valence-corrected chi connectivity index (χ1v) is 6.10. The van der Waals surface area contributed by atoms with Gasteiger partial charge < -0.3 is 14.5 Å². The third-order valence-electron chi connectivity index (χ3n) is 2.44. The van der Waals surface area contributed by atoms with Gasteiger partial charge in [-0.2, -0.15) is 4.98 Å². The molecule has 3 N–H and O–H groups in total. The maximum Gasteiger partial charge on any atom is 0.264 e. The molecule has 0 spiro atoms. The number of nitrogens with zero attached hydrogens (tertiary/aromatic N) is 2. The maximum atomic E-state index is 11.7. The average molecular weight is 293 g/mol. The standard InChI is InChI=1S/C12H15N5O4/c1-7-3-8(18)9(4-13-7)21-6-11(19)15-12-14-10(5-20-2)16-17-12/h3-4H,5-6H2,1-2H3,(H,13,18)(H2,14,15,16,17,19). The number of H-pyrrole nitrogens is 2. The Hall–Kier alpha value is -2.68. The molecular weight excluding hydrogens is 278 g/mol. The number of anilines is 1. The number of methoxy groups -OCH3 is 1. The molecule has 112 valence electrons. The van der Waals surface area contributed by atoms with E-state index in [-0.39, 0.29) is 30.3 Å². The molecule has 0 saturated carbocycles. The fraction of sp³-hybridized carbons (Fsp3) is 0.333. The van der Waals surface area contributed by atoms with Gasteiger partial charge in [0.15, 0.2) is 18.2 Å². The van der Waals surface area contributed by atoms with E-state index in [1.807, 2.05) is 0 Å². The van der Waals surface area contributed by atoms with Crippen LogP contribution < -0.4 is 15.5 Å². The van der Waals surface area contributed by atoms with Gasteiger partial charge in [0, 0.05) is 25.1 Å². The highest BCUT2D eigenvalue weighted by molar-refractivity contribution is 5.90. The van der Waals surface area contributed by atoms with Gasteiger partial charge in [-0.25, -0.2) is 0 Å². The van der Waals surface area contributed by atoms with Crippen LogP contribution in [0.3, 0.4) is 0 Å². The zero-order valence-corrected chi connectivity index (χ0v) is 11.6. The van der Waals surface area contributed by atoms with Gasteiger partial charge in [-0.1, -0.05) is 0 Å². The number of aromatic nitrogens is 4. The first-order valence-electron chi connectivity index (χ1n) is 6.10. The molecule has 2 aromatic rings. The van der Waals surface area contributed by atoms with Crippen LogP contribution in [0.2, 0.25) is 0 Å². The second-order valence-electron chi connectivity index (χ2n) is 4.22. The Balaban J connectivity index is 1.88. The number of amides is 1. The van der Waals surface area contributed by atoms with E-state index in [0.717, 1.165) is 0 Å². The van der Waals surface area contributed by atoms with E-state index in [1.165, 1.54) is 19.4 Å². The molecule has 1 amide bonds. The topological polar surface area (TPSA) is 122 Å². The van der Waals surface area contributed by atoms with E-state index in [4.69, 9.17) is 9.47 Å². The summed E-state index contributed by atoms with van der Waals surface area (Å²) >= 11 is 0. The lowest BCUT2D eigenvalue weighted by molar-refractivity contribution is -0.118. The molecule has 0 atom stereocenters. The van der Waals surface area contributed by atoms with Crippen LogP contribution in [-0.4, -0.2) is 39.8 Å². The summed E-state index contributed by atoms with van der Waals surface area (Å²) in [6.07, 6.45) is 1.41. The van der Waals surface area contributed by atoms with Crippen LogP contribution in [-0.2, 0) is 16.1 Å². The second kappa shape index (κ2) is 6.66. The number of carbonyl (C=O) groups excluding carboxylic acids is 1. The van der Waals surface area contributed by atoms with Gasteiger partial charge in [0.2, 0.25) is 11.4 Å². The summed E-state index contributed by atoms with van der Waals surface area (Å²) in [7, 11) is 1.52. The summed E-state index contributed by atoms with van der Waals surface area (Å²) in [5.74, 6) is 0.209. The number of ether oxygens (including phenoxy) is 2. The van der Waals surface area contributed by atoms with Gasteiger partial charge in [-0.05, 0) is 6.92 Å². The first kappa shape index (κ1) is 14.7. The maximum absolute atomic E-state index is 11.7. The van der Waals surface area contributed by atoms with Gasteiger partial charge in [0.25, 0.3) is 5.91 Å². The quantitative estimate of drug-likeness (QED) is 0.687. The minimum atomic E-state index is -0.474. The number of carbonyl (C=O) groups is 1. The second-order valence-corrected chi connectivity index (χ2v) is 4.22. The van der Waals surface area contributed by atoms with Crippen LogP contribution in [0.4, 0.5) is 5.95 Å². The molecule has 0 aliphatic heterocycles. The van der Waals surface area contributed by atoms with E-state index in [2.05, 4.69) is 25.5 Å². The Morgan fingerprint density at radius 3 is 3.00 bits per heavy atom. The van der Waals surface area contributed by atoms with Crippen LogP contribution in [0.5, 0.6) is 5.75 Å². The molecule has 21 heavy (non-hydrogen) atoms. The van der Waals surface area contributed by atoms with Crippen LogP contribution >= 0.6 is 0 Å².